The third-order valence-electron chi connectivity index (χ3n) is 5.10. The summed E-state index contributed by atoms with van der Waals surface area (Å²) in [5.41, 5.74) is 0.739. The predicted octanol–water partition coefficient (Wildman–Crippen LogP) is 1.34. The van der Waals surface area contributed by atoms with Crippen LogP contribution in [0.2, 0.25) is 0 Å². The van der Waals surface area contributed by atoms with Gasteiger partial charge in [-0.15, -0.1) is 0 Å². The van der Waals surface area contributed by atoms with E-state index in [1.165, 1.54) is 0 Å². The number of aryl methyl sites for hydroxylation is 1. The third-order valence-corrected chi connectivity index (χ3v) is 5.10. The molecule has 3 rings (SSSR count). The highest BCUT2D eigenvalue weighted by molar-refractivity contribution is 5.74. The summed E-state index contributed by atoms with van der Waals surface area (Å²) in [6, 6.07) is -0.0121. The van der Waals surface area contributed by atoms with Gasteiger partial charge in [-0.25, -0.2) is 9.18 Å². The molecule has 2 aliphatic rings. The van der Waals surface area contributed by atoms with Crippen molar-refractivity contribution in [3.63, 3.8) is 0 Å². The molecule has 7 heteroatoms. The molecule has 0 saturated carbocycles. The van der Waals surface area contributed by atoms with E-state index in [-0.39, 0.29) is 6.03 Å². The van der Waals surface area contributed by atoms with Crippen molar-refractivity contribution in [1.29, 1.82) is 0 Å². The minimum absolute atomic E-state index is 0.0121. The van der Waals surface area contributed by atoms with Crippen LogP contribution in [-0.4, -0.2) is 77.0 Å². The van der Waals surface area contributed by atoms with Crippen molar-refractivity contribution in [3.8, 4) is 0 Å². The first-order chi connectivity index (χ1) is 10.9. The highest BCUT2D eigenvalue weighted by Crippen LogP contribution is 2.41. The molecule has 2 aliphatic heterocycles. The molecule has 2 atom stereocenters. The van der Waals surface area contributed by atoms with Crippen molar-refractivity contribution < 1.29 is 9.18 Å². The number of rotatable bonds is 2. The van der Waals surface area contributed by atoms with Crippen LogP contribution in [0.3, 0.4) is 0 Å². The molecule has 23 heavy (non-hydrogen) atoms. The van der Waals surface area contributed by atoms with Crippen molar-refractivity contribution in [2.24, 2.45) is 12.5 Å². The number of halogens is 1. The minimum atomic E-state index is -0.826. The molecule has 0 bridgehead atoms. The summed E-state index contributed by atoms with van der Waals surface area (Å²) < 4.78 is 16.5. The van der Waals surface area contributed by atoms with E-state index in [1.807, 2.05) is 24.3 Å². The second-order valence-electron chi connectivity index (χ2n) is 7.20. The fourth-order valence-corrected chi connectivity index (χ4v) is 3.90. The second kappa shape index (κ2) is 6.11. The Balaban J connectivity index is 1.67. The lowest BCUT2D eigenvalue weighted by Gasteiger charge is -2.43. The molecule has 0 radical (unpaired) electrons. The van der Waals surface area contributed by atoms with Crippen LogP contribution in [0.1, 0.15) is 18.4 Å². The summed E-state index contributed by atoms with van der Waals surface area (Å²) in [5, 5.41) is 4.19. The molecule has 1 aromatic heterocycles. The fraction of sp³-hybridized carbons (Fsp3) is 0.750. The largest absolute Gasteiger partial charge is 0.331 e. The van der Waals surface area contributed by atoms with Crippen LogP contribution in [-0.2, 0) is 13.6 Å². The lowest BCUT2D eigenvalue weighted by molar-refractivity contribution is 0.0201. The van der Waals surface area contributed by atoms with Gasteiger partial charge < -0.3 is 9.80 Å². The molecule has 2 amide bonds. The zero-order valence-corrected chi connectivity index (χ0v) is 14.2. The van der Waals surface area contributed by atoms with Crippen LogP contribution in [0.15, 0.2) is 12.4 Å². The van der Waals surface area contributed by atoms with E-state index in [2.05, 4.69) is 10.00 Å². The van der Waals surface area contributed by atoms with Gasteiger partial charge in [-0.3, -0.25) is 9.58 Å². The molecule has 0 N–H and O–H groups in total. The number of carbonyl (C=O) groups is 1. The van der Waals surface area contributed by atoms with Crippen LogP contribution in [0.4, 0.5) is 9.18 Å². The molecule has 2 saturated heterocycles. The first kappa shape index (κ1) is 16.2. The summed E-state index contributed by atoms with van der Waals surface area (Å²) in [5.74, 6) is 0. The van der Waals surface area contributed by atoms with Gasteiger partial charge in [0.25, 0.3) is 0 Å². The van der Waals surface area contributed by atoms with Crippen molar-refractivity contribution in [2.45, 2.75) is 25.6 Å². The second-order valence-corrected chi connectivity index (χ2v) is 7.20. The molecule has 0 aromatic carbocycles. The van der Waals surface area contributed by atoms with Gasteiger partial charge in [-0.1, -0.05) is 0 Å². The van der Waals surface area contributed by atoms with Gasteiger partial charge in [-0.2, -0.15) is 5.10 Å². The summed E-state index contributed by atoms with van der Waals surface area (Å²) in [7, 11) is 5.40. The quantitative estimate of drug-likeness (QED) is 0.825. The van der Waals surface area contributed by atoms with Gasteiger partial charge in [-0.05, 0) is 19.4 Å². The molecule has 6 nitrogen and oxygen atoms in total. The summed E-state index contributed by atoms with van der Waals surface area (Å²) in [6.07, 6.45) is 4.29. The topological polar surface area (TPSA) is 44.6 Å². The first-order valence-corrected chi connectivity index (χ1v) is 8.20. The zero-order chi connectivity index (χ0) is 16.6. The maximum Gasteiger partial charge on any atom is 0.319 e. The first-order valence-electron chi connectivity index (χ1n) is 8.20. The van der Waals surface area contributed by atoms with Crippen LogP contribution in [0.5, 0.6) is 0 Å². The Morgan fingerprint density at radius 1 is 1.43 bits per heavy atom. The molecular weight excluding hydrogens is 297 g/mol. The Labute approximate surface area is 136 Å². The van der Waals surface area contributed by atoms with Crippen LogP contribution in [0.25, 0.3) is 0 Å². The predicted molar refractivity (Wildman–Crippen MR) is 85.7 cm³/mol. The van der Waals surface area contributed by atoms with Gasteiger partial charge in [0.15, 0.2) is 0 Å². The van der Waals surface area contributed by atoms with Gasteiger partial charge >= 0.3 is 6.03 Å². The number of alkyl halides is 1. The number of urea groups is 1. The summed E-state index contributed by atoms with van der Waals surface area (Å²) in [6.45, 7) is 3.42. The van der Waals surface area contributed by atoms with E-state index in [0.29, 0.717) is 26.1 Å². The maximum atomic E-state index is 14.7. The molecule has 1 spiro atoms. The molecule has 2 fully saturated rings. The van der Waals surface area contributed by atoms with Gasteiger partial charge in [0, 0.05) is 64.5 Å². The van der Waals surface area contributed by atoms with Crippen LogP contribution in [0, 0.1) is 5.41 Å². The molecule has 2 unspecified atom stereocenters. The Bertz CT molecular complexity index is 575. The monoisotopic (exact) mass is 323 g/mol. The summed E-state index contributed by atoms with van der Waals surface area (Å²) in [4.78, 5) is 17.9. The van der Waals surface area contributed by atoms with E-state index < -0.39 is 11.6 Å². The van der Waals surface area contributed by atoms with Crippen molar-refractivity contribution in [3.05, 3.63) is 18.0 Å². The molecular formula is C16H26FN5O. The normalized spacial score (nSPS) is 28.5. The van der Waals surface area contributed by atoms with Crippen LogP contribution < -0.4 is 0 Å². The van der Waals surface area contributed by atoms with E-state index in [0.717, 1.165) is 25.1 Å². The van der Waals surface area contributed by atoms with Crippen molar-refractivity contribution >= 4 is 6.03 Å². The smallest absolute Gasteiger partial charge is 0.319 e. The number of aromatic nitrogens is 2. The third kappa shape index (κ3) is 3.20. The molecule has 3 heterocycles. The Hall–Kier alpha value is -1.63. The van der Waals surface area contributed by atoms with E-state index in [1.54, 1.807) is 23.7 Å². The fourth-order valence-electron chi connectivity index (χ4n) is 3.90. The number of nitrogens with zero attached hydrogens (tertiary/aromatic N) is 5. The summed E-state index contributed by atoms with van der Waals surface area (Å²) >= 11 is 0. The lowest BCUT2D eigenvalue weighted by Crippen LogP contribution is -2.55. The van der Waals surface area contributed by atoms with Gasteiger partial charge in [0.05, 0.1) is 6.20 Å². The van der Waals surface area contributed by atoms with Crippen LogP contribution >= 0.6 is 0 Å². The minimum Gasteiger partial charge on any atom is -0.331 e. The number of amides is 2. The number of piperidine rings is 1. The number of likely N-dealkylation sites (tertiary alicyclic amines) is 2. The number of carbonyl (C=O) groups excluding carboxylic acids is 1. The average molecular weight is 323 g/mol. The Morgan fingerprint density at radius 2 is 2.22 bits per heavy atom. The maximum absolute atomic E-state index is 14.7. The van der Waals surface area contributed by atoms with E-state index in [4.69, 9.17) is 0 Å². The van der Waals surface area contributed by atoms with Gasteiger partial charge in [0.1, 0.15) is 6.17 Å². The lowest BCUT2D eigenvalue weighted by atomic mass is 9.77. The Kier molecular flexibility index (Phi) is 4.31. The van der Waals surface area contributed by atoms with E-state index >= 15 is 0 Å². The SMILES string of the molecule is CN(C)C(=O)N1CCC(F)C2(CCN(Cc3cnn(C)c3)C2)C1. The zero-order valence-electron chi connectivity index (χ0n) is 14.2. The van der Waals surface area contributed by atoms with Gasteiger partial charge in [0.2, 0.25) is 0 Å². The Morgan fingerprint density at radius 3 is 2.87 bits per heavy atom. The highest BCUT2D eigenvalue weighted by Gasteiger charge is 2.49. The molecule has 128 valence electrons. The number of hydrogen-bond acceptors (Lipinski definition) is 3. The molecule has 1 aromatic rings. The van der Waals surface area contributed by atoms with E-state index in [9.17, 15) is 9.18 Å². The average Bonchev–Trinajstić information content (AvgIpc) is 3.09. The van der Waals surface area contributed by atoms with Crippen molar-refractivity contribution in [2.75, 3.05) is 40.3 Å². The standard InChI is InChI=1S/C16H26FN5O/c1-19(2)15(23)22-6-4-14(17)16(12-22)5-7-21(11-16)10-13-8-18-20(3)9-13/h8-9,14H,4-7,10-12H2,1-3H3. The van der Waals surface area contributed by atoms with Crippen molar-refractivity contribution in [1.82, 2.24) is 24.5 Å². The number of hydrogen-bond donors (Lipinski definition) is 0. The highest BCUT2D eigenvalue weighted by atomic mass is 19.1. The molecule has 0 aliphatic carbocycles.